The predicted octanol–water partition coefficient (Wildman–Crippen LogP) is 4.06. The topological polar surface area (TPSA) is 55.1 Å². The van der Waals surface area contributed by atoms with Gasteiger partial charge < -0.3 is 11.1 Å². The number of benzene rings is 1. The number of para-hydroxylation sites is 1. The first-order valence-corrected chi connectivity index (χ1v) is 8.75. The number of nitrogens with two attached hydrogens (primary N) is 1. The molecule has 1 amide bonds. The molecule has 0 fully saturated rings. The maximum atomic E-state index is 10.9. The SMILES string of the molecule is CCc1ccc(C(C)Nc2ccccc2SCC(N)=O)s1. The average Bonchev–Trinajstić information content (AvgIpc) is 2.95. The second-order valence-electron chi connectivity index (χ2n) is 4.77. The summed E-state index contributed by atoms with van der Waals surface area (Å²) in [6.45, 7) is 4.32. The van der Waals surface area contributed by atoms with Gasteiger partial charge in [0.05, 0.1) is 11.8 Å². The van der Waals surface area contributed by atoms with Crippen LogP contribution in [-0.4, -0.2) is 11.7 Å². The summed E-state index contributed by atoms with van der Waals surface area (Å²) in [4.78, 5) is 14.7. The first-order chi connectivity index (χ1) is 10.1. The maximum absolute atomic E-state index is 10.9. The van der Waals surface area contributed by atoms with E-state index in [4.69, 9.17) is 5.73 Å². The van der Waals surface area contributed by atoms with Crippen LogP contribution in [0.25, 0.3) is 0 Å². The Kier molecular flexibility index (Phi) is 5.70. The number of rotatable bonds is 7. The molecule has 0 aliphatic carbocycles. The molecule has 3 nitrogen and oxygen atoms in total. The molecule has 5 heteroatoms. The van der Waals surface area contributed by atoms with Crippen LogP contribution in [0.3, 0.4) is 0 Å². The van der Waals surface area contributed by atoms with Gasteiger partial charge in [0.1, 0.15) is 0 Å². The number of hydrogen-bond acceptors (Lipinski definition) is 4. The number of thiophene rings is 1. The molecule has 1 heterocycles. The summed E-state index contributed by atoms with van der Waals surface area (Å²) in [7, 11) is 0. The van der Waals surface area contributed by atoms with Gasteiger partial charge in [-0.3, -0.25) is 4.79 Å². The molecule has 1 aromatic carbocycles. The Bertz CT molecular complexity index is 610. The molecular weight excluding hydrogens is 300 g/mol. The molecule has 0 saturated heterocycles. The zero-order valence-electron chi connectivity index (χ0n) is 12.3. The molecule has 112 valence electrons. The quantitative estimate of drug-likeness (QED) is 0.756. The third-order valence-electron chi connectivity index (χ3n) is 3.09. The lowest BCUT2D eigenvalue weighted by Crippen LogP contribution is -2.13. The molecule has 0 saturated carbocycles. The van der Waals surface area contributed by atoms with Crippen LogP contribution in [-0.2, 0) is 11.2 Å². The van der Waals surface area contributed by atoms with E-state index in [0.29, 0.717) is 5.75 Å². The Morgan fingerprint density at radius 3 is 2.76 bits per heavy atom. The first-order valence-electron chi connectivity index (χ1n) is 6.95. The highest BCUT2D eigenvalue weighted by atomic mass is 32.2. The van der Waals surface area contributed by atoms with Crippen LogP contribution in [0.2, 0.25) is 0 Å². The first kappa shape index (κ1) is 15.9. The fraction of sp³-hybridized carbons (Fsp3) is 0.312. The summed E-state index contributed by atoms with van der Waals surface area (Å²) >= 11 is 3.31. The van der Waals surface area contributed by atoms with E-state index in [-0.39, 0.29) is 11.9 Å². The molecule has 0 spiro atoms. The Morgan fingerprint density at radius 2 is 2.10 bits per heavy atom. The number of thioether (sulfide) groups is 1. The van der Waals surface area contributed by atoms with Gasteiger partial charge in [-0.1, -0.05) is 19.1 Å². The molecule has 0 aliphatic heterocycles. The van der Waals surface area contributed by atoms with E-state index in [1.165, 1.54) is 21.5 Å². The number of primary amides is 1. The van der Waals surface area contributed by atoms with Gasteiger partial charge in [-0.2, -0.15) is 0 Å². The number of carbonyl (C=O) groups excluding carboxylic acids is 1. The number of carbonyl (C=O) groups is 1. The number of aryl methyl sites for hydroxylation is 1. The zero-order valence-corrected chi connectivity index (χ0v) is 13.9. The van der Waals surface area contributed by atoms with Crippen LogP contribution >= 0.6 is 23.1 Å². The van der Waals surface area contributed by atoms with Crippen LogP contribution < -0.4 is 11.1 Å². The number of anilines is 1. The Morgan fingerprint density at radius 1 is 1.33 bits per heavy atom. The van der Waals surface area contributed by atoms with Crippen molar-refractivity contribution in [1.29, 1.82) is 0 Å². The van der Waals surface area contributed by atoms with E-state index >= 15 is 0 Å². The van der Waals surface area contributed by atoms with E-state index < -0.39 is 0 Å². The summed E-state index contributed by atoms with van der Waals surface area (Å²) in [6, 6.07) is 12.6. The molecule has 2 rings (SSSR count). The molecular formula is C16H20N2OS2. The van der Waals surface area contributed by atoms with E-state index in [1.807, 2.05) is 35.6 Å². The van der Waals surface area contributed by atoms with Crippen molar-refractivity contribution in [2.45, 2.75) is 31.2 Å². The lowest BCUT2D eigenvalue weighted by Gasteiger charge is -2.16. The number of hydrogen-bond donors (Lipinski definition) is 2. The van der Waals surface area contributed by atoms with Crippen LogP contribution in [0.5, 0.6) is 0 Å². The van der Waals surface area contributed by atoms with E-state index in [2.05, 4.69) is 31.3 Å². The van der Waals surface area contributed by atoms with Gasteiger partial charge in [0, 0.05) is 20.3 Å². The van der Waals surface area contributed by atoms with Gasteiger partial charge >= 0.3 is 0 Å². The van der Waals surface area contributed by atoms with E-state index in [0.717, 1.165) is 17.0 Å². The third kappa shape index (κ3) is 4.51. The van der Waals surface area contributed by atoms with Crippen molar-refractivity contribution >= 4 is 34.7 Å². The van der Waals surface area contributed by atoms with Crippen LogP contribution in [0.4, 0.5) is 5.69 Å². The van der Waals surface area contributed by atoms with Crippen molar-refractivity contribution in [3.63, 3.8) is 0 Å². The standard InChI is InChI=1S/C16H20N2OS2/c1-3-12-8-9-14(21-12)11(2)18-13-6-4-5-7-15(13)20-10-16(17)19/h4-9,11,18H,3,10H2,1-2H3,(H2,17,19). The second kappa shape index (κ2) is 7.52. The van der Waals surface area contributed by atoms with Crippen LogP contribution in [0.15, 0.2) is 41.3 Å². The summed E-state index contributed by atoms with van der Waals surface area (Å²) in [5.41, 5.74) is 6.27. The molecule has 1 unspecified atom stereocenters. The minimum Gasteiger partial charge on any atom is -0.377 e. The third-order valence-corrected chi connectivity index (χ3v) is 5.59. The Labute approximate surface area is 133 Å². The van der Waals surface area contributed by atoms with Crippen molar-refractivity contribution in [3.05, 3.63) is 46.2 Å². The van der Waals surface area contributed by atoms with E-state index in [9.17, 15) is 4.79 Å². The fourth-order valence-electron chi connectivity index (χ4n) is 1.98. The monoisotopic (exact) mass is 320 g/mol. The predicted molar refractivity (Wildman–Crippen MR) is 92.1 cm³/mol. The van der Waals surface area contributed by atoms with Crippen molar-refractivity contribution in [2.75, 3.05) is 11.1 Å². The van der Waals surface area contributed by atoms with Crippen molar-refractivity contribution < 1.29 is 4.79 Å². The van der Waals surface area contributed by atoms with Crippen LogP contribution in [0, 0.1) is 0 Å². The van der Waals surface area contributed by atoms with E-state index in [1.54, 1.807) is 0 Å². The molecule has 2 aromatic rings. The zero-order chi connectivity index (χ0) is 15.2. The van der Waals surface area contributed by atoms with Gasteiger partial charge in [-0.05, 0) is 37.6 Å². The summed E-state index contributed by atoms with van der Waals surface area (Å²) in [5.74, 6) is 0.000174. The molecule has 21 heavy (non-hydrogen) atoms. The molecule has 0 bridgehead atoms. The van der Waals surface area contributed by atoms with Gasteiger partial charge in [-0.15, -0.1) is 23.1 Å². The van der Waals surface area contributed by atoms with Crippen molar-refractivity contribution in [3.8, 4) is 0 Å². The smallest absolute Gasteiger partial charge is 0.227 e. The van der Waals surface area contributed by atoms with Crippen molar-refractivity contribution in [2.24, 2.45) is 5.73 Å². The van der Waals surface area contributed by atoms with Gasteiger partial charge in [0.2, 0.25) is 5.91 Å². The average molecular weight is 320 g/mol. The van der Waals surface area contributed by atoms with Gasteiger partial charge in [0.25, 0.3) is 0 Å². The molecule has 1 aromatic heterocycles. The minimum absolute atomic E-state index is 0.241. The highest BCUT2D eigenvalue weighted by molar-refractivity contribution is 8.00. The van der Waals surface area contributed by atoms with Gasteiger partial charge in [-0.25, -0.2) is 0 Å². The Balaban J connectivity index is 2.09. The normalized spacial score (nSPS) is 12.1. The highest BCUT2D eigenvalue weighted by Crippen LogP contribution is 2.31. The minimum atomic E-state index is -0.298. The largest absolute Gasteiger partial charge is 0.377 e. The Hall–Kier alpha value is -1.46. The van der Waals surface area contributed by atoms with Crippen molar-refractivity contribution in [1.82, 2.24) is 0 Å². The second-order valence-corrected chi connectivity index (χ2v) is 6.99. The molecule has 0 radical (unpaired) electrons. The summed E-state index contributed by atoms with van der Waals surface area (Å²) in [5, 5.41) is 3.53. The maximum Gasteiger partial charge on any atom is 0.227 e. The molecule has 0 aliphatic rings. The summed E-state index contributed by atoms with van der Waals surface area (Å²) in [6.07, 6.45) is 1.07. The molecule has 3 N–H and O–H groups in total. The number of nitrogens with one attached hydrogen (secondary N) is 1. The lowest BCUT2D eigenvalue weighted by molar-refractivity contribution is -0.115. The fourth-order valence-corrected chi connectivity index (χ4v) is 3.69. The molecule has 1 atom stereocenters. The lowest BCUT2D eigenvalue weighted by atomic mass is 10.2. The van der Waals surface area contributed by atoms with Crippen LogP contribution in [0.1, 0.15) is 29.6 Å². The summed E-state index contributed by atoms with van der Waals surface area (Å²) < 4.78 is 0. The number of amides is 1. The van der Waals surface area contributed by atoms with Gasteiger partial charge in [0.15, 0.2) is 0 Å². The highest BCUT2D eigenvalue weighted by Gasteiger charge is 2.11.